The number of anilines is 1. The molecule has 114 valence electrons. The SMILES string of the molecule is O=C(c1cc(NCc2ccc(Cl)cc2)ccn1)N1CCCC1. The Bertz CT molecular complexity index is 651. The van der Waals surface area contributed by atoms with Crippen LogP contribution in [0.4, 0.5) is 5.69 Å². The highest BCUT2D eigenvalue weighted by molar-refractivity contribution is 6.30. The summed E-state index contributed by atoms with van der Waals surface area (Å²) in [6, 6.07) is 11.4. The summed E-state index contributed by atoms with van der Waals surface area (Å²) in [5.74, 6) is 0.0210. The number of benzene rings is 1. The Hall–Kier alpha value is -2.07. The molecule has 5 heteroatoms. The van der Waals surface area contributed by atoms with Crippen molar-refractivity contribution in [2.24, 2.45) is 0 Å². The van der Waals surface area contributed by atoms with Gasteiger partial charge in [0.05, 0.1) is 0 Å². The zero-order valence-corrected chi connectivity index (χ0v) is 13.0. The molecule has 0 atom stereocenters. The van der Waals surface area contributed by atoms with E-state index in [0.717, 1.165) is 42.2 Å². The molecular formula is C17H18ClN3O. The van der Waals surface area contributed by atoms with Gasteiger partial charge in [-0.1, -0.05) is 23.7 Å². The third-order valence-corrected chi connectivity index (χ3v) is 4.03. The maximum Gasteiger partial charge on any atom is 0.272 e. The molecule has 1 aliphatic rings. The van der Waals surface area contributed by atoms with E-state index >= 15 is 0 Å². The molecule has 0 saturated carbocycles. The summed E-state index contributed by atoms with van der Waals surface area (Å²) in [4.78, 5) is 18.4. The Morgan fingerprint density at radius 2 is 1.91 bits per heavy atom. The molecular weight excluding hydrogens is 298 g/mol. The van der Waals surface area contributed by atoms with Crippen LogP contribution in [0.15, 0.2) is 42.6 Å². The number of nitrogens with one attached hydrogen (secondary N) is 1. The number of carbonyl (C=O) groups excluding carboxylic acids is 1. The molecule has 22 heavy (non-hydrogen) atoms. The number of pyridine rings is 1. The molecule has 1 saturated heterocycles. The molecule has 1 aromatic heterocycles. The van der Waals surface area contributed by atoms with Crippen molar-refractivity contribution in [1.29, 1.82) is 0 Å². The number of nitrogens with zero attached hydrogens (tertiary/aromatic N) is 2. The van der Waals surface area contributed by atoms with E-state index in [9.17, 15) is 4.79 Å². The van der Waals surface area contributed by atoms with Crippen LogP contribution in [-0.2, 0) is 6.54 Å². The van der Waals surface area contributed by atoms with Crippen molar-refractivity contribution in [3.8, 4) is 0 Å². The van der Waals surface area contributed by atoms with Gasteiger partial charge in [-0.3, -0.25) is 9.78 Å². The zero-order valence-electron chi connectivity index (χ0n) is 12.3. The highest BCUT2D eigenvalue weighted by atomic mass is 35.5. The van der Waals surface area contributed by atoms with Crippen molar-refractivity contribution in [2.45, 2.75) is 19.4 Å². The monoisotopic (exact) mass is 315 g/mol. The van der Waals surface area contributed by atoms with E-state index in [2.05, 4.69) is 10.3 Å². The number of rotatable bonds is 4. The van der Waals surface area contributed by atoms with Gasteiger partial charge in [-0.15, -0.1) is 0 Å². The van der Waals surface area contributed by atoms with Crippen LogP contribution in [-0.4, -0.2) is 28.9 Å². The molecule has 2 heterocycles. The van der Waals surface area contributed by atoms with Gasteiger partial charge in [0.25, 0.3) is 5.91 Å². The summed E-state index contributed by atoms with van der Waals surface area (Å²) < 4.78 is 0. The van der Waals surface area contributed by atoms with Gasteiger partial charge in [0, 0.05) is 36.5 Å². The van der Waals surface area contributed by atoms with Crippen LogP contribution in [0.2, 0.25) is 5.02 Å². The molecule has 0 spiro atoms. The highest BCUT2D eigenvalue weighted by Gasteiger charge is 2.20. The lowest BCUT2D eigenvalue weighted by Gasteiger charge is -2.15. The number of halogens is 1. The lowest BCUT2D eigenvalue weighted by molar-refractivity contribution is 0.0787. The Labute approximate surface area is 135 Å². The Morgan fingerprint density at radius 1 is 1.18 bits per heavy atom. The van der Waals surface area contributed by atoms with Crippen LogP contribution < -0.4 is 5.32 Å². The molecule has 0 aliphatic carbocycles. The first-order valence-electron chi connectivity index (χ1n) is 7.46. The van der Waals surface area contributed by atoms with Gasteiger partial charge in [-0.2, -0.15) is 0 Å². The second kappa shape index (κ2) is 6.79. The maximum absolute atomic E-state index is 12.3. The Kier molecular flexibility index (Phi) is 4.59. The average Bonchev–Trinajstić information content (AvgIpc) is 3.08. The lowest BCUT2D eigenvalue weighted by atomic mass is 10.2. The van der Waals surface area contributed by atoms with Crippen molar-refractivity contribution < 1.29 is 4.79 Å². The van der Waals surface area contributed by atoms with Crippen LogP contribution in [0.1, 0.15) is 28.9 Å². The molecule has 0 radical (unpaired) electrons. The fraction of sp³-hybridized carbons (Fsp3) is 0.294. The van der Waals surface area contributed by atoms with Crippen molar-refractivity contribution in [3.63, 3.8) is 0 Å². The minimum atomic E-state index is 0.0210. The molecule has 0 unspecified atom stereocenters. The van der Waals surface area contributed by atoms with Crippen LogP contribution in [0.5, 0.6) is 0 Å². The van der Waals surface area contributed by atoms with Gasteiger partial charge in [0.1, 0.15) is 5.69 Å². The van der Waals surface area contributed by atoms with Gasteiger partial charge in [-0.05, 0) is 42.7 Å². The third-order valence-electron chi connectivity index (χ3n) is 3.78. The van der Waals surface area contributed by atoms with E-state index in [1.807, 2.05) is 41.3 Å². The van der Waals surface area contributed by atoms with Crippen LogP contribution in [0, 0.1) is 0 Å². The van der Waals surface area contributed by atoms with E-state index in [0.29, 0.717) is 12.2 Å². The number of carbonyl (C=O) groups is 1. The summed E-state index contributed by atoms with van der Waals surface area (Å²) in [5, 5.41) is 4.04. The van der Waals surface area contributed by atoms with Crippen molar-refractivity contribution >= 4 is 23.2 Å². The fourth-order valence-electron chi connectivity index (χ4n) is 2.55. The smallest absolute Gasteiger partial charge is 0.272 e. The van der Waals surface area contributed by atoms with E-state index < -0.39 is 0 Å². The van der Waals surface area contributed by atoms with Crippen molar-refractivity contribution in [2.75, 3.05) is 18.4 Å². The first-order chi connectivity index (χ1) is 10.7. The molecule has 0 bridgehead atoms. The van der Waals surface area contributed by atoms with Gasteiger partial charge in [-0.25, -0.2) is 0 Å². The normalized spacial score (nSPS) is 14.1. The quantitative estimate of drug-likeness (QED) is 0.938. The second-order valence-corrected chi connectivity index (χ2v) is 5.85. The van der Waals surface area contributed by atoms with E-state index in [-0.39, 0.29) is 5.91 Å². The van der Waals surface area contributed by atoms with Gasteiger partial charge in [0.2, 0.25) is 0 Å². The summed E-state index contributed by atoms with van der Waals surface area (Å²) in [6.45, 7) is 2.35. The second-order valence-electron chi connectivity index (χ2n) is 5.41. The maximum atomic E-state index is 12.3. The van der Waals surface area contributed by atoms with Gasteiger partial charge in [0.15, 0.2) is 0 Å². The third kappa shape index (κ3) is 3.57. The lowest BCUT2D eigenvalue weighted by Crippen LogP contribution is -2.28. The molecule has 4 nitrogen and oxygen atoms in total. The van der Waals surface area contributed by atoms with Crippen LogP contribution >= 0.6 is 11.6 Å². The predicted molar refractivity (Wildman–Crippen MR) is 88.2 cm³/mol. The topological polar surface area (TPSA) is 45.2 Å². The number of hydrogen-bond acceptors (Lipinski definition) is 3. The Balaban J connectivity index is 1.65. The average molecular weight is 316 g/mol. The first-order valence-corrected chi connectivity index (χ1v) is 7.84. The number of hydrogen-bond donors (Lipinski definition) is 1. The van der Waals surface area contributed by atoms with Crippen LogP contribution in [0.3, 0.4) is 0 Å². The van der Waals surface area contributed by atoms with Crippen LogP contribution in [0.25, 0.3) is 0 Å². The molecule has 1 N–H and O–H groups in total. The molecule has 1 amide bonds. The Morgan fingerprint density at radius 3 is 2.64 bits per heavy atom. The minimum absolute atomic E-state index is 0.0210. The summed E-state index contributed by atoms with van der Waals surface area (Å²) >= 11 is 5.88. The summed E-state index contributed by atoms with van der Waals surface area (Å²) in [5.41, 5.74) is 2.53. The summed E-state index contributed by atoms with van der Waals surface area (Å²) in [6.07, 6.45) is 3.84. The van der Waals surface area contributed by atoms with E-state index in [1.165, 1.54) is 0 Å². The number of likely N-dealkylation sites (tertiary alicyclic amines) is 1. The molecule has 2 aromatic rings. The van der Waals surface area contributed by atoms with E-state index in [4.69, 9.17) is 11.6 Å². The van der Waals surface area contributed by atoms with Crippen molar-refractivity contribution in [1.82, 2.24) is 9.88 Å². The molecule has 1 fully saturated rings. The largest absolute Gasteiger partial charge is 0.381 e. The van der Waals surface area contributed by atoms with E-state index in [1.54, 1.807) is 6.20 Å². The van der Waals surface area contributed by atoms with Crippen molar-refractivity contribution in [3.05, 3.63) is 58.9 Å². The van der Waals surface area contributed by atoms with Gasteiger partial charge >= 0.3 is 0 Å². The highest BCUT2D eigenvalue weighted by Crippen LogP contribution is 2.16. The number of amides is 1. The first kappa shape index (κ1) is 14.9. The predicted octanol–water partition coefficient (Wildman–Crippen LogP) is 3.58. The summed E-state index contributed by atoms with van der Waals surface area (Å²) in [7, 11) is 0. The standard InChI is InChI=1S/C17H18ClN3O/c18-14-5-3-13(4-6-14)12-20-15-7-8-19-16(11-15)17(22)21-9-1-2-10-21/h3-8,11H,1-2,9-10,12H2,(H,19,20). The molecule has 1 aliphatic heterocycles. The zero-order chi connectivity index (χ0) is 15.4. The molecule has 3 rings (SSSR count). The van der Waals surface area contributed by atoms with Gasteiger partial charge < -0.3 is 10.2 Å². The fourth-order valence-corrected chi connectivity index (χ4v) is 2.67. The minimum Gasteiger partial charge on any atom is -0.381 e. The number of aromatic nitrogens is 1. The molecule has 1 aromatic carbocycles.